The summed E-state index contributed by atoms with van der Waals surface area (Å²) in [4.78, 5) is 12.0. The van der Waals surface area contributed by atoms with Crippen molar-refractivity contribution in [1.29, 1.82) is 0 Å². The molecule has 110 valence electrons. The molecule has 0 heterocycles. The molecule has 1 rings (SSSR count). The molecule has 0 bridgehead atoms. The molecule has 0 spiro atoms. The molecule has 0 aliphatic carbocycles. The van der Waals surface area contributed by atoms with Gasteiger partial charge in [-0.3, -0.25) is 10.1 Å². The minimum Gasteiger partial charge on any atom is -0.494 e. The van der Waals surface area contributed by atoms with Gasteiger partial charge in [0.1, 0.15) is 5.75 Å². The Kier molecular flexibility index (Phi) is 7.60. The van der Waals surface area contributed by atoms with Gasteiger partial charge in [0.2, 0.25) is 0 Å². The summed E-state index contributed by atoms with van der Waals surface area (Å²) in [6.07, 6.45) is 0.921. The number of carbonyl (C=O) groups is 1. The van der Waals surface area contributed by atoms with Crippen LogP contribution in [0.25, 0.3) is 0 Å². The maximum Gasteiger partial charge on any atom is 0.257 e. The van der Waals surface area contributed by atoms with Crippen molar-refractivity contribution in [3.63, 3.8) is 0 Å². The van der Waals surface area contributed by atoms with Crippen LogP contribution in [-0.2, 0) is 4.74 Å². The first-order chi connectivity index (χ1) is 9.67. The lowest BCUT2D eigenvalue weighted by atomic mass is 10.2. The average Bonchev–Trinajstić information content (AvgIpc) is 2.45. The number of nitrogens with one attached hydrogen (secondary N) is 2. The zero-order chi connectivity index (χ0) is 14.8. The molecule has 1 aromatic rings. The van der Waals surface area contributed by atoms with Crippen LogP contribution in [0.4, 0.5) is 0 Å². The van der Waals surface area contributed by atoms with Gasteiger partial charge in [0.25, 0.3) is 5.91 Å². The van der Waals surface area contributed by atoms with Crippen molar-refractivity contribution in [2.75, 3.05) is 26.9 Å². The molecule has 0 aliphatic heterocycles. The molecule has 0 fully saturated rings. The Bertz CT molecular complexity index is 452. The van der Waals surface area contributed by atoms with Gasteiger partial charge in [-0.1, -0.05) is 13.0 Å². The van der Waals surface area contributed by atoms with Gasteiger partial charge in [-0.05, 0) is 36.8 Å². The van der Waals surface area contributed by atoms with Gasteiger partial charge < -0.3 is 14.8 Å². The number of rotatable bonds is 7. The first kappa shape index (κ1) is 16.4. The van der Waals surface area contributed by atoms with Gasteiger partial charge in [0.15, 0.2) is 5.11 Å². The highest BCUT2D eigenvalue weighted by Gasteiger charge is 2.08. The lowest BCUT2D eigenvalue weighted by Crippen LogP contribution is -2.40. The van der Waals surface area contributed by atoms with E-state index in [-0.39, 0.29) is 11.0 Å². The van der Waals surface area contributed by atoms with Crippen molar-refractivity contribution in [2.24, 2.45) is 0 Å². The summed E-state index contributed by atoms with van der Waals surface area (Å²) in [6.45, 7) is 3.73. The Hall–Kier alpha value is -1.66. The van der Waals surface area contributed by atoms with Crippen LogP contribution in [0.15, 0.2) is 24.3 Å². The van der Waals surface area contributed by atoms with Gasteiger partial charge >= 0.3 is 0 Å². The van der Waals surface area contributed by atoms with Crippen LogP contribution in [0.1, 0.15) is 23.7 Å². The monoisotopic (exact) mass is 296 g/mol. The summed E-state index contributed by atoms with van der Waals surface area (Å²) in [6, 6.07) is 7.01. The molecule has 1 amide bonds. The lowest BCUT2D eigenvalue weighted by Gasteiger charge is -2.10. The Balaban J connectivity index is 2.52. The maximum absolute atomic E-state index is 12.0. The van der Waals surface area contributed by atoms with Crippen LogP contribution in [-0.4, -0.2) is 37.9 Å². The van der Waals surface area contributed by atoms with E-state index in [9.17, 15) is 4.79 Å². The molecule has 2 N–H and O–H groups in total. The molecule has 0 saturated carbocycles. The number of ether oxygens (including phenoxy) is 2. The summed E-state index contributed by atoms with van der Waals surface area (Å²) in [7, 11) is 1.60. The van der Waals surface area contributed by atoms with Crippen LogP contribution in [0.3, 0.4) is 0 Å². The zero-order valence-electron chi connectivity index (χ0n) is 11.8. The van der Waals surface area contributed by atoms with E-state index in [1.54, 1.807) is 25.3 Å². The van der Waals surface area contributed by atoms with Crippen molar-refractivity contribution in [2.45, 2.75) is 13.3 Å². The van der Waals surface area contributed by atoms with Crippen molar-refractivity contribution in [3.05, 3.63) is 29.8 Å². The van der Waals surface area contributed by atoms with Gasteiger partial charge in [-0.2, -0.15) is 0 Å². The van der Waals surface area contributed by atoms with Gasteiger partial charge in [-0.15, -0.1) is 0 Å². The zero-order valence-corrected chi connectivity index (χ0v) is 12.6. The molecule has 0 radical (unpaired) electrons. The second kappa shape index (κ2) is 9.28. The lowest BCUT2D eigenvalue weighted by molar-refractivity contribution is 0.0976. The highest BCUT2D eigenvalue weighted by atomic mass is 32.1. The van der Waals surface area contributed by atoms with E-state index in [1.807, 2.05) is 13.0 Å². The highest BCUT2D eigenvalue weighted by Crippen LogP contribution is 2.13. The average molecular weight is 296 g/mol. The van der Waals surface area contributed by atoms with E-state index in [2.05, 4.69) is 10.6 Å². The van der Waals surface area contributed by atoms with Crippen LogP contribution >= 0.6 is 12.2 Å². The van der Waals surface area contributed by atoms with Gasteiger partial charge in [-0.25, -0.2) is 0 Å². The maximum atomic E-state index is 12.0. The predicted molar refractivity (Wildman–Crippen MR) is 82.2 cm³/mol. The van der Waals surface area contributed by atoms with Crippen molar-refractivity contribution in [1.82, 2.24) is 10.6 Å². The second-order valence-corrected chi connectivity index (χ2v) is 4.49. The molecule has 6 heteroatoms. The van der Waals surface area contributed by atoms with E-state index in [1.165, 1.54) is 0 Å². The SMILES string of the molecule is CCCOc1cccc(C(=O)NC(=S)NCCOC)c1. The Morgan fingerprint density at radius 3 is 2.85 bits per heavy atom. The summed E-state index contributed by atoms with van der Waals surface area (Å²) >= 11 is 5.02. The fourth-order valence-electron chi connectivity index (χ4n) is 1.43. The number of methoxy groups -OCH3 is 1. The molecular formula is C14H20N2O3S. The van der Waals surface area contributed by atoms with Crippen molar-refractivity contribution in [3.8, 4) is 5.75 Å². The number of amides is 1. The van der Waals surface area contributed by atoms with E-state index >= 15 is 0 Å². The topological polar surface area (TPSA) is 59.6 Å². The minimum absolute atomic E-state index is 0.262. The third kappa shape index (κ3) is 5.99. The predicted octanol–water partition coefficient (Wildman–Crippen LogP) is 1.73. The van der Waals surface area contributed by atoms with E-state index in [0.29, 0.717) is 31.1 Å². The van der Waals surface area contributed by atoms with Crippen molar-refractivity contribution >= 4 is 23.2 Å². The van der Waals surface area contributed by atoms with Crippen LogP contribution in [0.2, 0.25) is 0 Å². The number of thiocarbonyl (C=S) groups is 1. The smallest absolute Gasteiger partial charge is 0.257 e. The normalized spacial score (nSPS) is 9.90. The number of carbonyl (C=O) groups excluding carboxylic acids is 1. The van der Waals surface area contributed by atoms with Gasteiger partial charge in [0, 0.05) is 19.2 Å². The minimum atomic E-state index is -0.262. The summed E-state index contributed by atoms with van der Waals surface area (Å²) < 4.78 is 10.4. The van der Waals surface area contributed by atoms with E-state index < -0.39 is 0 Å². The fourth-order valence-corrected chi connectivity index (χ4v) is 1.63. The molecule has 0 atom stereocenters. The summed E-state index contributed by atoms with van der Waals surface area (Å²) in [5, 5.41) is 5.77. The Labute approximate surface area is 124 Å². The van der Waals surface area contributed by atoms with E-state index in [0.717, 1.165) is 6.42 Å². The first-order valence-electron chi connectivity index (χ1n) is 6.48. The van der Waals surface area contributed by atoms with E-state index in [4.69, 9.17) is 21.7 Å². The van der Waals surface area contributed by atoms with Crippen LogP contribution < -0.4 is 15.4 Å². The molecular weight excluding hydrogens is 276 g/mol. The Morgan fingerprint density at radius 1 is 1.35 bits per heavy atom. The molecule has 0 aliphatic rings. The first-order valence-corrected chi connectivity index (χ1v) is 6.89. The third-order valence-electron chi connectivity index (χ3n) is 2.39. The fraction of sp³-hybridized carbons (Fsp3) is 0.429. The largest absolute Gasteiger partial charge is 0.494 e. The van der Waals surface area contributed by atoms with Crippen LogP contribution in [0.5, 0.6) is 5.75 Å². The summed E-state index contributed by atoms with van der Waals surface area (Å²) in [5.74, 6) is 0.416. The molecule has 0 saturated heterocycles. The highest BCUT2D eigenvalue weighted by molar-refractivity contribution is 7.80. The Morgan fingerprint density at radius 2 is 2.15 bits per heavy atom. The van der Waals surface area contributed by atoms with Gasteiger partial charge in [0.05, 0.1) is 13.2 Å². The second-order valence-electron chi connectivity index (χ2n) is 4.08. The third-order valence-corrected chi connectivity index (χ3v) is 2.63. The summed E-state index contributed by atoms with van der Waals surface area (Å²) in [5.41, 5.74) is 0.509. The molecule has 0 aromatic heterocycles. The number of hydrogen-bond donors (Lipinski definition) is 2. The molecule has 20 heavy (non-hydrogen) atoms. The molecule has 1 aromatic carbocycles. The quantitative estimate of drug-likeness (QED) is 0.593. The van der Waals surface area contributed by atoms with Crippen molar-refractivity contribution < 1.29 is 14.3 Å². The van der Waals surface area contributed by atoms with Crippen LogP contribution in [0, 0.1) is 0 Å². The molecule has 5 nitrogen and oxygen atoms in total. The number of benzene rings is 1. The number of hydrogen-bond acceptors (Lipinski definition) is 4. The molecule has 0 unspecified atom stereocenters. The standard InChI is InChI=1S/C14H20N2O3S/c1-3-8-19-12-6-4-5-11(10-12)13(17)16-14(20)15-7-9-18-2/h4-6,10H,3,7-9H2,1-2H3,(H2,15,16,17,20).